The van der Waals surface area contributed by atoms with Crippen LogP contribution >= 0.6 is 19.5 Å². The number of thioether (sulfide) groups is 1. The Morgan fingerprint density at radius 1 is 1.29 bits per heavy atom. The van der Waals surface area contributed by atoms with Gasteiger partial charge >= 0.3 is 19.4 Å². The number of nitrogens with one attached hydrogen (secondary N) is 1. The van der Waals surface area contributed by atoms with Gasteiger partial charge in [-0.3, -0.25) is 13.9 Å². The molecule has 0 bridgehead atoms. The minimum atomic E-state index is -4.28. The molecule has 0 aliphatic carbocycles. The first-order valence-corrected chi connectivity index (χ1v) is 14.3. The van der Waals surface area contributed by atoms with E-state index in [1.807, 2.05) is 18.2 Å². The molecule has 204 valence electrons. The number of carbonyl (C=O) groups is 1. The third-order valence-electron chi connectivity index (χ3n) is 5.79. The normalized spacial score (nSPS) is 23.6. The molecule has 11 nitrogen and oxygen atoms in total. The molecule has 1 fully saturated rings. The molecule has 0 radical (unpaired) electrons. The summed E-state index contributed by atoms with van der Waals surface area (Å²) in [7, 11) is -4.28. The van der Waals surface area contributed by atoms with Crippen LogP contribution in [0.5, 0.6) is 5.75 Å². The van der Waals surface area contributed by atoms with Crippen molar-refractivity contribution in [2.75, 3.05) is 18.9 Å². The molecule has 0 saturated carbocycles. The van der Waals surface area contributed by atoms with Crippen LogP contribution in [0.2, 0.25) is 0 Å². The highest BCUT2D eigenvalue weighted by Gasteiger charge is 2.46. The average Bonchev–Trinajstić information content (AvgIpc) is 3.16. The van der Waals surface area contributed by atoms with Gasteiger partial charge in [0, 0.05) is 11.6 Å². The van der Waals surface area contributed by atoms with Gasteiger partial charge in [0.05, 0.1) is 18.5 Å². The zero-order chi connectivity index (χ0) is 27.4. The lowest BCUT2D eigenvalue weighted by Crippen LogP contribution is -2.36. The molecule has 3 aromatic rings. The number of fused-ring (bicyclic) bond motifs is 1. The van der Waals surface area contributed by atoms with Crippen molar-refractivity contribution in [1.82, 2.24) is 14.6 Å². The average molecular weight is 567 g/mol. The molecule has 38 heavy (non-hydrogen) atoms. The number of aliphatic hydroxyl groups excluding tert-OH is 1. The Balaban J connectivity index is 1.56. The molecule has 6 atom stereocenters. The van der Waals surface area contributed by atoms with Crippen LogP contribution < -0.4 is 21.0 Å². The van der Waals surface area contributed by atoms with Crippen molar-refractivity contribution in [2.45, 2.75) is 42.8 Å². The zero-order valence-corrected chi connectivity index (χ0v) is 22.3. The monoisotopic (exact) mass is 566 g/mol. The minimum absolute atomic E-state index is 0.0154. The Labute approximate surface area is 222 Å². The van der Waals surface area contributed by atoms with Gasteiger partial charge in [-0.15, -0.1) is 11.8 Å². The fourth-order valence-electron chi connectivity index (χ4n) is 3.91. The molecule has 2 heterocycles. The third kappa shape index (κ3) is 6.19. The van der Waals surface area contributed by atoms with Gasteiger partial charge in [0.25, 0.3) is 0 Å². The number of alkyl halides is 1. The smallest absolute Gasteiger partial charge is 0.459 e. The molecule has 1 unspecified atom stereocenters. The molecule has 1 aromatic heterocycles. The predicted molar refractivity (Wildman–Crippen MR) is 142 cm³/mol. The van der Waals surface area contributed by atoms with Gasteiger partial charge in [0.2, 0.25) is 0 Å². The first-order chi connectivity index (χ1) is 18.1. The van der Waals surface area contributed by atoms with Gasteiger partial charge in [-0.25, -0.2) is 13.8 Å². The number of nitrogen functional groups attached to an aromatic ring is 1. The predicted octanol–water partition coefficient (Wildman–Crippen LogP) is 3.04. The lowest BCUT2D eigenvalue weighted by Gasteiger charge is -2.25. The summed E-state index contributed by atoms with van der Waals surface area (Å²) in [6, 6.07) is 12.7. The second kappa shape index (κ2) is 11.8. The summed E-state index contributed by atoms with van der Waals surface area (Å²) in [5.74, 6) is -0.457. The van der Waals surface area contributed by atoms with Crippen LogP contribution in [0.15, 0.2) is 59.5 Å². The Bertz CT molecular complexity index is 1400. The standard InChI is InChI=1S/C24H28FN4O7PS/c1-3-34-23(31)14(2)28-37(33,36-17-10-6-8-15-7-4-5-9-16(15)17)35-13-18-21(30)20(25)22(38-18)29-12-11-19(26)27-24(29)32/h4-12,14,18,20-22,30H,3,13H2,1-2H3,(H,28,33)(H2,26,27,32)/t14-,18+,20-,21+,22+,37?/m0/s1. The Morgan fingerprint density at radius 3 is 2.76 bits per heavy atom. The molecule has 0 amide bonds. The van der Waals surface area contributed by atoms with E-state index in [1.54, 1.807) is 31.2 Å². The van der Waals surface area contributed by atoms with Crippen molar-refractivity contribution in [3.05, 3.63) is 65.2 Å². The summed E-state index contributed by atoms with van der Waals surface area (Å²) in [6.07, 6.45) is -2.11. The zero-order valence-electron chi connectivity index (χ0n) is 20.6. The molecule has 14 heteroatoms. The van der Waals surface area contributed by atoms with Crippen molar-refractivity contribution in [1.29, 1.82) is 0 Å². The summed E-state index contributed by atoms with van der Waals surface area (Å²) in [6.45, 7) is 2.76. The number of nitrogens with zero attached hydrogens (tertiary/aromatic N) is 2. The van der Waals surface area contributed by atoms with Crippen molar-refractivity contribution in [2.24, 2.45) is 0 Å². The number of rotatable bonds is 10. The molecule has 2 aromatic carbocycles. The summed E-state index contributed by atoms with van der Waals surface area (Å²) in [5.41, 5.74) is 4.74. The van der Waals surface area contributed by atoms with E-state index in [0.717, 1.165) is 21.7 Å². The second-order valence-corrected chi connectivity index (χ2v) is 11.6. The molecule has 1 saturated heterocycles. The molecule has 1 aliphatic heterocycles. The Hall–Kier alpha value is -2.96. The molecule has 4 rings (SSSR count). The summed E-state index contributed by atoms with van der Waals surface area (Å²) in [5, 5.41) is 12.6. The van der Waals surface area contributed by atoms with Crippen molar-refractivity contribution in [3.8, 4) is 5.75 Å². The third-order valence-corrected chi connectivity index (χ3v) is 8.95. The summed E-state index contributed by atoms with van der Waals surface area (Å²) in [4.78, 5) is 28.0. The number of anilines is 1. The van der Waals surface area contributed by atoms with Gasteiger partial charge in [0.1, 0.15) is 29.1 Å². The number of ether oxygens (including phenoxy) is 1. The largest absolute Gasteiger partial charge is 0.465 e. The summed E-state index contributed by atoms with van der Waals surface area (Å²) >= 11 is 0.919. The van der Waals surface area contributed by atoms with Gasteiger partial charge in [0.15, 0.2) is 6.17 Å². The van der Waals surface area contributed by atoms with Crippen molar-refractivity contribution < 1.29 is 32.6 Å². The van der Waals surface area contributed by atoms with E-state index in [4.69, 9.17) is 19.5 Å². The second-order valence-electron chi connectivity index (χ2n) is 8.51. The fraction of sp³-hybridized carbons (Fsp3) is 0.375. The van der Waals surface area contributed by atoms with Crippen LogP contribution in [0.1, 0.15) is 19.2 Å². The number of esters is 1. The van der Waals surface area contributed by atoms with E-state index in [-0.39, 0.29) is 18.2 Å². The fourth-order valence-corrected chi connectivity index (χ4v) is 6.96. The lowest BCUT2D eigenvalue weighted by molar-refractivity contribution is -0.144. The van der Waals surface area contributed by atoms with Gasteiger partial charge in [-0.1, -0.05) is 36.4 Å². The Morgan fingerprint density at radius 2 is 2.03 bits per heavy atom. The molecular weight excluding hydrogens is 538 g/mol. The van der Waals surface area contributed by atoms with Crippen LogP contribution in [0.4, 0.5) is 10.2 Å². The van der Waals surface area contributed by atoms with E-state index in [0.29, 0.717) is 5.39 Å². The minimum Gasteiger partial charge on any atom is -0.465 e. The number of carbonyl (C=O) groups excluding carboxylic acids is 1. The van der Waals surface area contributed by atoms with E-state index < -0.39 is 55.0 Å². The van der Waals surface area contributed by atoms with Crippen LogP contribution in [0.25, 0.3) is 10.8 Å². The van der Waals surface area contributed by atoms with E-state index >= 15 is 4.39 Å². The number of nitrogens with two attached hydrogens (primary N) is 1. The molecule has 0 spiro atoms. The van der Waals surface area contributed by atoms with Crippen LogP contribution in [-0.4, -0.2) is 57.4 Å². The SMILES string of the molecule is CCOC(=O)[C@H](C)NP(=O)(OC[C@H]1S[C@@H](n2ccc(N)nc2=O)[C@@H](F)[C@@H]1O)Oc1cccc2ccccc12. The number of aliphatic hydroxyl groups is 1. The Kier molecular flexibility index (Phi) is 8.74. The highest BCUT2D eigenvalue weighted by Crippen LogP contribution is 2.49. The topological polar surface area (TPSA) is 155 Å². The number of aromatic nitrogens is 2. The lowest BCUT2D eigenvalue weighted by atomic mass is 10.1. The van der Waals surface area contributed by atoms with Crippen molar-refractivity contribution in [3.63, 3.8) is 0 Å². The number of halogens is 1. The molecule has 4 N–H and O–H groups in total. The number of hydrogen-bond acceptors (Lipinski definition) is 10. The molecule has 1 aliphatic rings. The first-order valence-electron chi connectivity index (χ1n) is 11.8. The van der Waals surface area contributed by atoms with Crippen molar-refractivity contribution >= 4 is 42.1 Å². The summed E-state index contributed by atoms with van der Waals surface area (Å²) < 4.78 is 46.4. The molecular formula is C24H28FN4O7PS. The van der Waals surface area contributed by atoms with Gasteiger partial charge < -0.3 is 20.1 Å². The van der Waals surface area contributed by atoms with E-state index in [1.165, 1.54) is 19.2 Å². The van der Waals surface area contributed by atoms with E-state index in [2.05, 4.69) is 10.1 Å². The van der Waals surface area contributed by atoms with Gasteiger partial charge in [-0.05, 0) is 31.4 Å². The maximum absolute atomic E-state index is 15.0. The maximum atomic E-state index is 15.0. The quantitative estimate of drug-likeness (QED) is 0.245. The van der Waals surface area contributed by atoms with Crippen LogP contribution in [-0.2, 0) is 18.6 Å². The highest BCUT2D eigenvalue weighted by molar-refractivity contribution is 8.00. The van der Waals surface area contributed by atoms with Gasteiger partial charge in [-0.2, -0.15) is 10.1 Å². The maximum Gasteiger partial charge on any atom is 0.459 e. The van der Waals surface area contributed by atoms with Crippen LogP contribution in [0, 0.1) is 0 Å². The number of benzene rings is 2. The van der Waals surface area contributed by atoms with Crippen LogP contribution in [0.3, 0.4) is 0 Å². The number of hydrogen-bond donors (Lipinski definition) is 3. The van der Waals surface area contributed by atoms with E-state index in [9.17, 15) is 19.3 Å². The highest BCUT2D eigenvalue weighted by atomic mass is 32.2. The first kappa shape index (κ1) is 28.1.